The summed E-state index contributed by atoms with van der Waals surface area (Å²) in [6, 6.07) is 0. The molecule has 0 spiro atoms. The number of sulfonamides is 1. The number of amides is 2. The predicted octanol–water partition coefficient (Wildman–Crippen LogP) is -1.51. The summed E-state index contributed by atoms with van der Waals surface area (Å²) in [6.45, 7) is -0.113. The highest BCUT2D eigenvalue weighted by Crippen LogP contribution is 2.25. The van der Waals surface area contributed by atoms with Crippen molar-refractivity contribution >= 4 is 21.8 Å². The van der Waals surface area contributed by atoms with Crippen LogP contribution in [0.4, 0.5) is 0 Å². The molecule has 7 nitrogen and oxygen atoms in total. The van der Waals surface area contributed by atoms with Gasteiger partial charge in [-0.2, -0.15) is 0 Å². The Bertz CT molecular complexity index is 460. The molecule has 0 aliphatic carbocycles. The Morgan fingerprint density at radius 3 is 2.41 bits per heavy atom. The molecule has 2 unspecified atom stereocenters. The molecule has 0 bridgehead atoms. The van der Waals surface area contributed by atoms with Crippen LogP contribution in [0.15, 0.2) is 0 Å². The van der Waals surface area contributed by atoms with Crippen molar-refractivity contribution in [2.45, 2.75) is 30.7 Å². The minimum Gasteiger partial charge on any atom is -0.374 e. The third-order valence-electron chi connectivity index (χ3n) is 3.25. The Morgan fingerprint density at radius 2 is 2.00 bits per heavy atom. The Hall–Kier alpha value is -1.15. The average Bonchev–Trinajstić information content (AvgIpc) is 2.66. The summed E-state index contributed by atoms with van der Waals surface area (Å²) in [4.78, 5) is 23.9. The van der Waals surface area contributed by atoms with Crippen LogP contribution in [0.2, 0.25) is 0 Å². The van der Waals surface area contributed by atoms with Gasteiger partial charge in [-0.3, -0.25) is 9.59 Å². The van der Waals surface area contributed by atoms with Crippen molar-refractivity contribution in [3.63, 3.8) is 0 Å². The normalized spacial score (nSPS) is 32.6. The maximum atomic E-state index is 11.8. The van der Waals surface area contributed by atoms with Crippen molar-refractivity contribution in [2.75, 3.05) is 13.6 Å². The number of nitrogens with zero attached hydrogens (tertiary/aromatic N) is 2. The van der Waals surface area contributed by atoms with Crippen LogP contribution in [0.1, 0.15) is 19.3 Å². The summed E-state index contributed by atoms with van der Waals surface area (Å²) in [6.07, 6.45) is -0.527. The molecule has 2 heterocycles. The fourth-order valence-electron chi connectivity index (χ4n) is 2.11. The molecular formula is C9H14N2O5S. The second-order valence-electron chi connectivity index (χ2n) is 4.30. The van der Waals surface area contributed by atoms with E-state index in [0.717, 1.165) is 4.90 Å². The van der Waals surface area contributed by atoms with Gasteiger partial charge in [0.25, 0.3) is 0 Å². The topological polar surface area (TPSA) is 95.0 Å². The number of hydrogen-bond donors (Lipinski definition) is 1. The molecule has 2 aliphatic heterocycles. The summed E-state index contributed by atoms with van der Waals surface area (Å²) in [7, 11) is -2.46. The first-order chi connectivity index (χ1) is 7.84. The van der Waals surface area contributed by atoms with Crippen molar-refractivity contribution in [2.24, 2.45) is 0 Å². The van der Waals surface area contributed by atoms with Crippen molar-refractivity contribution < 1.29 is 23.1 Å². The lowest BCUT2D eigenvalue weighted by atomic mass is 10.2. The van der Waals surface area contributed by atoms with Crippen molar-refractivity contribution in [3.05, 3.63) is 0 Å². The molecule has 2 rings (SSSR count). The first kappa shape index (κ1) is 12.3. The van der Waals surface area contributed by atoms with Gasteiger partial charge in [0.15, 0.2) is 0 Å². The van der Waals surface area contributed by atoms with Crippen LogP contribution < -0.4 is 0 Å². The smallest absolute Gasteiger partial charge is 0.242 e. The van der Waals surface area contributed by atoms with E-state index in [0.29, 0.717) is 10.7 Å². The van der Waals surface area contributed by atoms with Gasteiger partial charge in [0.1, 0.15) is 11.5 Å². The largest absolute Gasteiger partial charge is 0.374 e. The van der Waals surface area contributed by atoms with Crippen LogP contribution in [0.25, 0.3) is 0 Å². The fraction of sp³-hybridized carbons (Fsp3) is 0.778. The van der Waals surface area contributed by atoms with E-state index < -0.39 is 27.4 Å². The number of likely N-dealkylation sites (tertiary alicyclic amines) is 1. The van der Waals surface area contributed by atoms with E-state index in [1.54, 1.807) is 0 Å². The molecule has 0 aromatic rings. The number of carbonyl (C=O) groups excluding carboxylic acids is 2. The minimum absolute atomic E-state index is 0.113. The second-order valence-corrected chi connectivity index (χ2v) is 6.54. The molecule has 2 saturated heterocycles. The number of aliphatic hydroxyl groups excluding tert-OH is 1. The number of hydrogen-bond acceptors (Lipinski definition) is 5. The van der Waals surface area contributed by atoms with E-state index in [1.165, 1.54) is 7.05 Å². The number of aliphatic hydroxyl groups is 1. The first-order valence-corrected chi connectivity index (χ1v) is 6.82. The Labute approximate surface area is 99.0 Å². The zero-order chi connectivity index (χ0) is 12.8. The summed E-state index contributed by atoms with van der Waals surface area (Å²) in [5, 5.41) is 8.60. The van der Waals surface area contributed by atoms with Gasteiger partial charge in [0.05, 0.1) is 0 Å². The third-order valence-corrected chi connectivity index (χ3v) is 5.38. The minimum atomic E-state index is -3.67. The van der Waals surface area contributed by atoms with Gasteiger partial charge in [0.2, 0.25) is 21.8 Å². The summed E-state index contributed by atoms with van der Waals surface area (Å²) < 4.78 is 24.3. The SMILES string of the molecule is CN1C(=O)CC(CN2C(=O)CCC2O)S1(=O)=O. The van der Waals surface area contributed by atoms with E-state index in [2.05, 4.69) is 0 Å². The van der Waals surface area contributed by atoms with Gasteiger partial charge in [0, 0.05) is 32.9 Å². The zero-order valence-corrected chi connectivity index (χ0v) is 10.2. The molecule has 8 heteroatoms. The van der Waals surface area contributed by atoms with Crippen molar-refractivity contribution in [1.29, 1.82) is 0 Å². The standard InChI is InChI=1S/C9H14N2O5S/c1-10-9(14)4-6(17(10,15)16)5-11-7(12)2-3-8(11)13/h6-7,12H,2-5H2,1H3. The average molecular weight is 262 g/mol. The zero-order valence-electron chi connectivity index (χ0n) is 9.37. The molecule has 96 valence electrons. The highest BCUT2D eigenvalue weighted by Gasteiger charge is 2.45. The maximum Gasteiger partial charge on any atom is 0.242 e. The van der Waals surface area contributed by atoms with Gasteiger partial charge in [-0.25, -0.2) is 12.7 Å². The van der Waals surface area contributed by atoms with Gasteiger partial charge >= 0.3 is 0 Å². The summed E-state index contributed by atoms with van der Waals surface area (Å²) >= 11 is 0. The number of carbonyl (C=O) groups is 2. The van der Waals surface area contributed by atoms with Crippen molar-refractivity contribution in [3.8, 4) is 0 Å². The number of rotatable bonds is 2. The molecule has 2 fully saturated rings. The molecular weight excluding hydrogens is 248 g/mol. The lowest BCUT2D eigenvalue weighted by Gasteiger charge is -2.23. The molecule has 1 N–H and O–H groups in total. The molecule has 2 atom stereocenters. The lowest BCUT2D eigenvalue weighted by molar-refractivity contribution is -0.133. The van der Waals surface area contributed by atoms with Crippen LogP contribution in [-0.2, 0) is 19.6 Å². The van der Waals surface area contributed by atoms with E-state index in [4.69, 9.17) is 0 Å². The Kier molecular flexibility index (Phi) is 2.86. The first-order valence-electron chi connectivity index (χ1n) is 5.32. The highest BCUT2D eigenvalue weighted by molar-refractivity contribution is 7.90. The van der Waals surface area contributed by atoms with E-state index in [9.17, 15) is 23.1 Å². The van der Waals surface area contributed by atoms with Crippen LogP contribution in [0.3, 0.4) is 0 Å². The van der Waals surface area contributed by atoms with E-state index >= 15 is 0 Å². The van der Waals surface area contributed by atoms with Crippen LogP contribution in [-0.4, -0.2) is 59.6 Å². The molecule has 2 aliphatic rings. The molecule has 0 aromatic heterocycles. The Balaban J connectivity index is 2.15. The van der Waals surface area contributed by atoms with Crippen molar-refractivity contribution in [1.82, 2.24) is 9.21 Å². The Morgan fingerprint density at radius 1 is 1.35 bits per heavy atom. The molecule has 0 radical (unpaired) electrons. The molecule has 17 heavy (non-hydrogen) atoms. The molecule has 2 amide bonds. The lowest BCUT2D eigenvalue weighted by Crippen LogP contribution is -2.41. The quantitative estimate of drug-likeness (QED) is 0.652. The molecule has 0 saturated carbocycles. The fourth-order valence-corrected chi connectivity index (χ4v) is 3.62. The highest BCUT2D eigenvalue weighted by atomic mass is 32.2. The van der Waals surface area contributed by atoms with Crippen LogP contribution >= 0.6 is 0 Å². The van der Waals surface area contributed by atoms with Gasteiger partial charge in [-0.15, -0.1) is 0 Å². The third kappa shape index (κ3) is 1.91. The van der Waals surface area contributed by atoms with Gasteiger partial charge in [-0.1, -0.05) is 0 Å². The second kappa shape index (κ2) is 3.95. The monoisotopic (exact) mass is 262 g/mol. The van der Waals surface area contributed by atoms with E-state index in [1.807, 2.05) is 0 Å². The van der Waals surface area contributed by atoms with Gasteiger partial charge in [-0.05, 0) is 0 Å². The maximum absolute atomic E-state index is 11.8. The summed E-state index contributed by atoms with van der Waals surface area (Å²) in [5.41, 5.74) is 0. The molecule has 0 aromatic carbocycles. The summed E-state index contributed by atoms with van der Waals surface area (Å²) in [5.74, 6) is -0.745. The predicted molar refractivity (Wildman–Crippen MR) is 57.0 cm³/mol. The van der Waals surface area contributed by atoms with E-state index in [-0.39, 0.29) is 25.3 Å². The van der Waals surface area contributed by atoms with Crippen LogP contribution in [0, 0.1) is 0 Å². The van der Waals surface area contributed by atoms with Crippen LogP contribution in [0.5, 0.6) is 0 Å². The van der Waals surface area contributed by atoms with Gasteiger partial charge < -0.3 is 10.0 Å².